The summed E-state index contributed by atoms with van der Waals surface area (Å²) < 4.78 is 26.0. The van der Waals surface area contributed by atoms with Crippen molar-refractivity contribution in [3.8, 4) is 0 Å². The molecule has 0 spiro atoms. The van der Waals surface area contributed by atoms with Crippen LogP contribution in [0.2, 0.25) is 0 Å². The second-order valence-electron chi connectivity index (χ2n) is 4.12. The van der Waals surface area contributed by atoms with Crippen molar-refractivity contribution in [3.63, 3.8) is 0 Å². The van der Waals surface area contributed by atoms with Gasteiger partial charge < -0.3 is 10.4 Å². The Labute approximate surface area is 105 Å². The lowest BCUT2D eigenvalue weighted by Gasteiger charge is -2.14. The van der Waals surface area contributed by atoms with Crippen LogP contribution in [0.3, 0.4) is 0 Å². The molecule has 1 unspecified atom stereocenters. The predicted molar refractivity (Wildman–Crippen MR) is 64.2 cm³/mol. The Balaban J connectivity index is 2.59. The summed E-state index contributed by atoms with van der Waals surface area (Å²) in [7, 11) is 0. The van der Waals surface area contributed by atoms with E-state index in [9.17, 15) is 13.6 Å². The number of amides is 1. The quantitative estimate of drug-likeness (QED) is 0.820. The summed E-state index contributed by atoms with van der Waals surface area (Å²) in [5.74, 6) is -2.00. The van der Waals surface area contributed by atoms with E-state index in [1.54, 1.807) is 0 Å². The molecular formula is C13H17F2NO2. The topological polar surface area (TPSA) is 49.3 Å². The van der Waals surface area contributed by atoms with E-state index >= 15 is 0 Å². The zero-order valence-electron chi connectivity index (χ0n) is 10.2. The molecule has 0 aromatic heterocycles. The number of aliphatic hydroxyl groups is 1. The maximum Gasteiger partial charge on any atom is 0.254 e. The summed E-state index contributed by atoms with van der Waals surface area (Å²) in [6.07, 6.45) is 1.40. The molecule has 0 fully saturated rings. The van der Waals surface area contributed by atoms with Crippen LogP contribution in [-0.4, -0.2) is 24.2 Å². The van der Waals surface area contributed by atoms with Crippen LogP contribution in [0.1, 0.15) is 30.1 Å². The van der Waals surface area contributed by atoms with E-state index < -0.39 is 17.5 Å². The molecule has 18 heavy (non-hydrogen) atoms. The lowest BCUT2D eigenvalue weighted by molar-refractivity contribution is 0.0939. The van der Waals surface area contributed by atoms with E-state index in [1.165, 1.54) is 0 Å². The molecular weight excluding hydrogens is 240 g/mol. The molecule has 100 valence electrons. The Morgan fingerprint density at radius 2 is 2.17 bits per heavy atom. The Hall–Kier alpha value is -1.49. The summed E-state index contributed by atoms with van der Waals surface area (Å²) in [6, 6.07) is 2.84. The highest BCUT2D eigenvalue weighted by atomic mass is 19.1. The molecule has 2 N–H and O–H groups in total. The van der Waals surface area contributed by atoms with E-state index in [-0.39, 0.29) is 18.1 Å². The van der Waals surface area contributed by atoms with Crippen LogP contribution in [0.15, 0.2) is 18.2 Å². The molecule has 0 heterocycles. The Morgan fingerprint density at radius 3 is 2.72 bits per heavy atom. The number of nitrogens with one attached hydrogen (secondary N) is 1. The largest absolute Gasteiger partial charge is 0.396 e. The van der Waals surface area contributed by atoms with Gasteiger partial charge in [-0.05, 0) is 24.5 Å². The first-order valence-corrected chi connectivity index (χ1v) is 5.92. The molecule has 0 saturated carbocycles. The Kier molecular flexibility index (Phi) is 5.71. The van der Waals surface area contributed by atoms with Gasteiger partial charge in [-0.15, -0.1) is 0 Å². The highest BCUT2D eigenvalue weighted by Gasteiger charge is 2.14. The number of hydrogen-bond acceptors (Lipinski definition) is 2. The van der Waals surface area contributed by atoms with Gasteiger partial charge in [0.2, 0.25) is 0 Å². The third kappa shape index (κ3) is 4.07. The minimum absolute atomic E-state index is 0.0548. The maximum absolute atomic E-state index is 13.3. The zero-order chi connectivity index (χ0) is 13.5. The van der Waals surface area contributed by atoms with Crippen molar-refractivity contribution in [1.82, 2.24) is 5.32 Å². The van der Waals surface area contributed by atoms with Gasteiger partial charge in [0.1, 0.15) is 11.6 Å². The summed E-state index contributed by atoms with van der Waals surface area (Å²) >= 11 is 0. The second kappa shape index (κ2) is 7.06. The van der Waals surface area contributed by atoms with Gasteiger partial charge in [-0.3, -0.25) is 4.79 Å². The number of hydrogen-bond donors (Lipinski definition) is 2. The molecule has 1 rings (SSSR count). The van der Waals surface area contributed by atoms with Gasteiger partial charge in [0.25, 0.3) is 5.91 Å². The van der Waals surface area contributed by atoms with Crippen LogP contribution < -0.4 is 5.32 Å². The summed E-state index contributed by atoms with van der Waals surface area (Å²) in [5, 5.41) is 11.4. The average molecular weight is 257 g/mol. The molecule has 1 aromatic rings. The van der Waals surface area contributed by atoms with Crippen molar-refractivity contribution in [3.05, 3.63) is 35.4 Å². The van der Waals surface area contributed by atoms with Crippen molar-refractivity contribution < 1.29 is 18.7 Å². The first-order valence-electron chi connectivity index (χ1n) is 5.92. The number of halogens is 2. The third-order valence-corrected chi connectivity index (χ3v) is 2.84. The first-order chi connectivity index (χ1) is 8.58. The molecule has 0 radical (unpaired) electrons. The van der Waals surface area contributed by atoms with Crippen LogP contribution in [0.4, 0.5) is 8.78 Å². The van der Waals surface area contributed by atoms with Crippen molar-refractivity contribution in [2.75, 3.05) is 13.2 Å². The Morgan fingerprint density at radius 1 is 1.44 bits per heavy atom. The van der Waals surface area contributed by atoms with Crippen molar-refractivity contribution in [2.24, 2.45) is 5.92 Å². The van der Waals surface area contributed by atoms with E-state index in [2.05, 4.69) is 5.32 Å². The monoisotopic (exact) mass is 257 g/mol. The zero-order valence-corrected chi connectivity index (χ0v) is 10.2. The molecule has 1 aromatic carbocycles. The average Bonchev–Trinajstić information content (AvgIpc) is 2.34. The van der Waals surface area contributed by atoms with Gasteiger partial charge in [-0.1, -0.05) is 13.3 Å². The molecule has 0 aliphatic carbocycles. The normalized spacial score (nSPS) is 12.2. The lowest BCUT2D eigenvalue weighted by Crippen LogP contribution is -2.30. The molecule has 0 saturated heterocycles. The number of rotatable bonds is 6. The molecule has 1 atom stereocenters. The van der Waals surface area contributed by atoms with E-state index in [0.717, 1.165) is 18.6 Å². The standard InChI is InChI=1S/C13H17F2NO2/c1-2-9(5-6-17)8-16-13(18)11-4-3-10(14)7-12(11)15/h3-4,7,9,17H,2,5-6,8H2,1H3,(H,16,18). The van der Waals surface area contributed by atoms with E-state index in [1.807, 2.05) is 6.92 Å². The van der Waals surface area contributed by atoms with Crippen LogP contribution in [0.25, 0.3) is 0 Å². The van der Waals surface area contributed by atoms with Gasteiger partial charge in [0, 0.05) is 19.2 Å². The van der Waals surface area contributed by atoms with Gasteiger partial charge in [-0.25, -0.2) is 8.78 Å². The SMILES string of the molecule is CCC(CCO)CNC(=O)c1ccc(F)cc1F. The van der Waals surface area contributed by atoms with Crippen molar-refractivity contribution in [1.29, 1.82) is 0 Å². The fourth-order valence-corrected chi connectivity index (χ4v) is 1.64. The van der Waals surface area contributed by atoms with Gasteiger partial charge in [-0.2, -0.15) is 0 Å². The molecule has 0 aliphatic rings. The number of carbonyl (C=O) groups excluding carboxylic acids is 1. The minimum atomic E-state index is -0.872. The molecule has 0 bridgehead atoms. The van der Waals surface area contributed by atoms with Crippen LogP contribution in [0, 0.1) is 17.6 Å². The lowest BCUT2D eigenvalue weighted by atomic mass is 10.0. The second-order valence-corrected chi connectivity index (χ2v) is 4.12. The molecule has 0 aliphatic heterocycles. The van der Waals surface area contributed by atoms with E-state index in [4.69, 9.17) is 5.11 Å². The van der Waals surface area contributed by atoms with Crippen LogP contribution >= 0.6 is 0 Å². The fraction of sp³-hybridized carbons (Fsp3) is 0.462. The third-order valence-electron chi connectivity index (χ3n) is 2.84. The molecule has 1 amide bonds. The van der Waals surface area contributed by atoms with Crippen LogP contribution in [0.5, 0.6) is 0 Å². The molecule has 5 heteroatoms. The number of carbonyl (C=O) groups is 1. The summed E-state index contributed by atoms with van der Waals surface area (Å²) in [5.41, 5.74) is -0.171. The van der Waals surface area contributed by atoms with Gasteiger partial charge in [0.15, 0.2) is 0 Å². The number of benzene rings is 1. The predicted octanol–water partition coefficient (Wildman–Crippen LogP) is 2.10. The smallest absolute Gasteiger partial charge is 0.254 e. The summed E-state index contributed by atoms with van der Waals surface area (Å²) in [4.78, 5) is 11.7. The van der Waals surface area contributed by atoms with Crippen molar-refractivity contribution in [2.45, 2.75) is 19.8 Å². The maximum atomic E-state index is 13.3. The van der Waals surface area contributed by atoms with Crippen molar-refractivity contribution >= 4 is 5.91 Å². The molecule has 3 nitrogen and oxygen atoms in total. The summed E-state index contributed by atoms with van der Waals surface area (Å²) in [6.45, 7) is 2.37. The van der Waals surface area contributed by atoms with Gasteiger partial charge >= 0.3 is 0 Å². The minimum Gasteiger partial charge on any atom is -0.396 e. The Bertz CT molecular complexity index is 410. The fourth-order valence-electron chi connectivity index (χ4n) is 1.64. The first kappa shape index (κ1) is 14.6. The van der Waals surface area contributed by atoms with Crippen LogP contribution in [-0.2, 0) is 0 Å². The van der Waals surface area contributed by atoms with E-state index in [0.29, 0.717) is 19.0 Å². The number of aliphatic hydroxyl groups excluding tert-OH is 1. The highest BCUT2D eigenvalue weighted by Crippen LogP contribution is 2.10. The van der Waals surface area contributed by atoms with Gasteiger partial charge in [0.05, 0.1) is 5.56 Å². The highest BCUT2D eigenvalue weighted by molar-refractivity contribution is 5.94.